The molecule has 29 heavy (non-hydrogen) atoms. The summed E-state index contributed by atoms with van der Waals surface area (Å²) in [6.45, 7) is 6.10. The van der Waals surface area contributed by atoms with Gasteiger partial charge in [0.25, 0.3) is 5.91 Å². The van der Waals surface area contributed by atoms with Gasteiger partial charge in [0, 0.05) is 41.1 Å². The van der Waals surface area contributed by atoms with Crippen molar-refractivity contribution in [2.45, 2.75) is 13.8 Å². The minimum atomic E-state index is -0.0704. The molecule has 0 spiro atoms. The van der Waals surface area contributed by atoms with Crippen molar-refractivity contribution in [3.8, 4) is 0 Å². The first-order chi connectivity index (χ1) is 13.5. The van der Waals surface area contributed by atoms with Gasteiger partial charge in [-0.3, -0.25) is 4.79 Å². The Morgan fingerprint density at radius 2 is 1.93 bits per heavy atom. The normalized spacial score (nSPS) is 13.8. The van der Waals surface area contributed by atoms with E-state index in [1.807, 2.05) is 44.2 Å². The second-order valence-corrected chi connectivity index (χ2v) is 7.27. The van der Waals surface area contributed by atoms with Gasteiger partial charge in [0.1, 0.15) is 0 Å². The van der Waals surface area contributed by atoms with Crippen LogP contribution in [-0.4, -0.2) is 47.1 Å². The number of carbonyl (C=O) groups excluding carboxylic acids is 1. The number of hydrogen-bond acceptors (Lipinski definition) is 5. The van der Waals surface area contributed by atoms with Crippen LogP contribution >= 0.6 is 24.0 Å². The van der Waals surface area contributed by atoms with Crippen LogP contribution in [0.3, 0.4) is 0 Å². The number of benzene rings is 1. The molecule has 3 aromatic rings. The summed E-state index contributed by atoms with van der Waals surface area (Å²) in [6, 6.07) is 9.60. The highest BCUT2D eigenvalue weighted by atomic mass is 35.5. The summed E-state index contributed by atoms with van der Waals surface area (Å²) in [5, 5.41) is 4.84. The van der Waals surface area contributed by atoms with Gasteiger partial charge in [0.05, 0.1) is 24.5 Å². The maximum atomic E-state index is 13.2. The highest BCUT2D eigenvalue weighted by molar-refractivity contribution is 6.31. The lowest BCUT2D eigenvalue weighted by molar-refractivity contribution is 0.0303. The summed E-state index contributed by atoms with van der Waals surface area (Å²) >= 11 is 6.29. The van der Waals surface area contributed by atoms with Crippen LogP contribution in [0.25, 0.3) is 11.0 Å². The second kappa shape index (κ2) is 8.95. The van der Waals surface area contributed by atoms with Crippen LogP contribution in [0, 0.1) is 13.8 Å². The van der Waals surface area contributed by atoms with E-state index in [0.29, 0.717) is 48.2 Å². The second-order valence-electron chi connectivity index (χ2n) is 6.86. The van der Waals surface area contributed by atoms with Crippen molar-refractivity contribution in [2.24, 2.45) is 0 Å². The molecule has 1 fully saturated rings. The Bertz CT molecular complexity index is 1050. The molecule has 2 aromatic heterocycles. The van der Waals surface area contributed by atoms with E-state index < -0.39 is 0 Å². The van der Waals surface area contributed by atoms with Gasteiger partial charge in [0.15, 0.2) is 5.65 Å². The number of morpholine rings is 1. The summed E-state index contributed by atoms with van der Waals surface area (Å²) in [4.78, 5) is 23.9. The first-order valence-electron chi connectivity index (χ1n) is 9.19. The number of carbonyl (C=O) groups is 1. The number of ether oxygens (including phenoxy) is 1. The predicted octanol–water partition coefficient (Wildman–Crippen LogP) is 4.54. The fraction of sp³-hybridized carbons (Fsp3) is 0.286. The Labute approximate surface area is 180 Å². The number of anilines is 2. The summed E-state index contributed by atoms with van der Waals surface area (Å²) in [6.07, 6.45) is 1.60. The van der Waals surface area contributed by atoms with Crippen molar-refractivity contribution in [2.75, 3.05) is 31.6 Å². The highest BCUT2D eigenvalue weighted by Crippen LogP contribution is 2.31. The lowest BCUT2D eigenvalue weighted by Crippen LogP contribution is -2.41. The third-order valence-electron chi connectivity index (χ3n) is 4.84. The SMILES string of the molecule is Cc1ccc2c(Nc3ccc(C)c(Cl)c3)c(C(=O)N3CCOCC3)cnc2n1.Cl. The Kier molecular flexibility index (Phi) is 6.57. The number of hydrogen-bond donors (Lipinski definition) is 1. The zero-order valence-corrected chi connectivity index (χ0v) is 17.8. The Morgan fingerprint density at radius 1 is 1.17 bits per heavy atom. The summed E-state index contributed by atoms with van der Waals surface area (Å²) < 4.78 is 5.37. The van der Waals surface area contributed by atoms with Crippen LogP contribution in [-0.2, 0) is 4.74 Å². The van der Waals surface area contributed by atoms with Crippen LogP contribution in [0.4, 0.5) is 11.4 Å². The van der Waals surface area contributed by atoms with Gasteiger partial charge in [-0.2, -0.15) is 0 Å². The van der Waals surface area contributed by atoms with E-state index in [4.69, 9.17) is 16.3 Å². The highest BCUT2D eigenvalue weighted by Gasteiger charge is 2.23. The first-order valence-corrected chi connectivity index (χ1v) is 9.57. The van der Waals surface area contributed by atoms with Gasteiger partial charge in [-0.1, -0.05) is 17.7 Å². The minimum Gasteiger partial charge on any atom is -0.378 e. The number of halogens is 2. The number of rotatable bonds is 3. The van der Waals surface area contributed by atoms with Crippen molar-refractivity contribution < 1.29 is 9.53 Å². The van der Waals surface area contributed by atoms with E-state index in [-0.39, 0.29) is 18.3 Å². The third kappa shape index (κ3) is 4.45. The van der Waals surface area contributed by atoms with Crippen LogP contribution in [0.1, 0.15) is 21.6 Å². The maximum Gasteiger partial charge on any atom is 0.257 e. The van der Waals surface area contributed by atoms with Crippen molar-refractivity contribution >= 4 is 52.3 Å². The molecule has 0 saturated carbocycles. The summed E-state index contributed by atoms with van der Waals surface area (Å²) in [5.41, 5.74) is 4.47. The summed E-state index contributed by atoms with van der Waals surface area (Å²) in [5.74, 6) is -0.0704. The standard InChI is InChI=1S/C21H21ClN4O2.ClH/c1-13-3-5-15(11-18(13)22)25-19-16-6-4-14(2)24-20(16)23-12-17(19)21(27)26-7-9-28-10-8-26;/h3-6,11-12H,7-10H2,1-2H3,(H,23,24,25);1H. The average molecular weight is 433 g/mol. The van der Waals surface area contributed by atoms with E-state index in [9.17, 15) is 4.79 Å². The van der Waals surface area contributed by atoms with E-state index in [1.54, 1.807) is 11.1 Å². The summed E-state index contributed by atoms with van der Waals surface area (Å²) in [7, 11) is 0. The van der Waals surface area contributed by atoms with Gasteiger partial charge in [-0.15, -0.1) is 12.4 Å². The van der Waals surface area contributed by atoms with Crippen molar-refractivity contribution in [1.82, 2.24) is 14.9 Å². The van der Waals surface area contributed by atoms with Gasteiger partial charge >= 0.3 is 0 Å². The number of aromatic nitrogens is 2. The van der Waals surface area contributed by atoms with Crippen molar-refractivity contribution in [3.63, 3.8) is 0 Å². The Morgan fingerprint density at radius 3 is 2.66 bits per heavy atom. The number of nitrogens with zero attached hydrogens (tertiary/aromatic N) is 3. The van der Waals surface area contributed by atoms with Crippen molar-refractivity contribution in [3.05, 3.63) is 58.4 Å². The fourth-order valence-electron chi connectivity index (χ4n) is 3.22. The van der Waals surface area contributed by atoms with Crippen LogP contribution in [0.2, 0.25) is 5.02 Å². The molecule has 3 heterocycles. The molecule has 0 radical (unpaired) electrons. The van der Waals surface area contributed by atoms with E-state index in [0.717, 1.165) is 22.3 Å². The number of aryl methyl sites for hydroxylation is 2. The lowest BCUT2D eigenvalue weighted by atomic mass is 10.1. The molecule has 8 heteroatoms. The zero-order chi connectivity index (χ0) is 19.7. The molecule has 1 saturated heterocycles. The molecule has 1 amide bonds. The topological polar surface area (TPSA) is 67.4 Å². The Hall–Kier alpha value is -2.41. The number of nitrogens with one attached hydrogen (secondary N) is 1. The van der Waals surface area contributed by atoms with Crippen LogP contribution < -0.4 is 5.32 Å². The monoisotopic (exact) mass is 432 g/mol. The lowest BCUT2D eigenvalue weighted by Gasteiger charge is -2.27. The molecule has 4 rings (SSSR count). The molecular formula is C21H22Cl2N4O2. The number of fused-ring (bicyclic) bond motifs is 1. The van der Waals surface area contributed by atoms with Gasteiger partial charge in [-0.05, 0) is 43.7 Å². The molecule has 0 bridgehead atoms. The number of pyridine rings is 2. The van der Waals surface area contributed by atoms with Crippen molar-refractivity contribution in [1.29, 1.82) is 0 Å². The van der Waals surface area contributed by atoms with Crippen LogP contribution in [0.15, 0.2) is 36.5 Å². The number of amides is 1. The molecule has 1 aliphatic heterocycles. The van der Waals surface area contributed by atoms with E-state index in [2.05, 4.69) is 15.3 Å². The van der Waals surface area contributed by atoms with E-state index in [1.165, 1.54) is 0 Å². The molecule has 0 atom stereocenters. The predicted molar refractivity (Wildman–Crippen MR) is 118 cm³/mol. The molecule has 0 unspecified atom stereocenters. The smallest absolute Gasteiger partial charge is 0.257 e. The third-order valence-corrected chi connectivity index (χ3v) is 5.25. The van der Waals surface area contributed by atoms with Gasteiger partial charge < -0.3 is 15.0 Å². The fourth-order valence-corrected chi connectivity index (χ4v) is 3.40. The molecule has 0 aliphatic carbocycles. The zero-order valence-electron chi connectivity index (χ0n) is 16.2. The van der Waals surface area contributed by atoms with Gasteiger partial charge in [-0.25, -0.2) is 9.97 Å². The maximum absolute atomic E-state index is 13.2. The Balaban J connectivity index is 0.00000240. The molecule has 1 aromatic carbocycles. The molecule has 6 nitrogen and oxygen atoms in total. The molecule has 152 valence electrons. The first kappa shape index (κ1) is 21.3. The van der Waals surface area contributed by atoms with Gasteiger partial charge in [0.2, 0.25) is 0 Å². The van der Waals surface area contributed by atoms with E-state index >= 15 is 0 Å². The quantitative estimate of drug-likeness (QED) is 0.657. The average Bonchev–Trinajstić information content (AvgIpc) is 2.71. The molecule has 1 N–H and O–H groups in total. The minimum absolute atomic E-state index is 0. The molecular weight excluding hydrogens is 411 g/mol. The van der Waals surface area contributed by atoms with Crippen LogP contribution in [0.5, 0.6) is 0 Å². The largest absolute Gasteiger partial charge is 0.378 e. The molecule has 1 aliphatic rings.